The first-order valence-corrected chi connectivity index (χ1v) is 22.3. The molecule has 5 atom stereocenters. The zero-order valence-corrected chi connectivity index (χ0v) is 33.1. The maximum Gasteiger partial charge on any atom is 0.264 e. The highest BCUT2D eigenvalue weighted by molar-refractivity contribution is 9.10. The largest absolute Gasteiger partial charge is 0.395 e. The van der Waals surface area contributed by atoms with Crippen LogP contribution in [0.1, 0.15) is 53.6 Å². The number of benzene rings is 4. The van der Waals surface area contributed by atoms with E-state index < -0.39 is 31.6 Å². The van der Waals surface area contributed by atoms with Crippen LogP contribution >= 0.6 is 15.9 Å². The molecular formula is C42H43BrFN5O4Si. The Morgan fingerprint density at radius 2 is 1.72 bits per heavy atom. The van der Waals surface area contributed by atoms with Crippen LogP contribution in [0.2, 0.25) is 18.6 Å². The van der Waals surface area contributed by atoms with E-state index >= 15 is 4.11 Å². The van der Waals surface area contributed by atoms with Crippen molar-refractivity contribution in [1.82, 2.24) is 15.0 Å². The van der Waals surface area contributed by atoms with E-state index in [1.807, 2.05) is 104 Å². The number of aryl methyl sites for hydroxylation is 2. The van der Waals surface area contributed by atoms with Gasteiger partial charge in [0.2, 0.25) is 14.3 Å². The summed E-state index contributed by atoms with van der Waals surface area (Å²) in [5, 5.41) is 18.9. The molecule has 8 rings (SSSR count). The zero-order valence-electron chi connectivity index (χ0n) is 30.5. The van der Waals surface area contributed by atoms with E-state index in [0.29, 0.717) is 25.1 Å². The van der Waals surface area contributed by atoms with Gasteiger partial charge >= 0.3 is 0 Å². The van der Waals surface area contributed by atoms with E-state index in [1.165, 1.54) is 0 Å². The number of nitrogens with zero attached hydrogens (tertiary/aromatic N) is 5. The fourth-order valence-electron chi connectivity index (χ4n) is 8.99. The number of rotatable bonds is 10. The Bertz CT molecular complexity index is 2190. The van der Waals surface area contributed by atoms with Crippen LogP contribution in [-0.4, -0.2) is 53.0 Å². The summed E-state index contributed by atoms with van der Waals surface area (Å²) < 4.78 is 26.0. The number of amides is 2. The Balaban J connectivity index is 1.06. The fraction of sp³-hybridized carbons (Fsp3) is 0.333. The molecule has 5 aromatic rings. The summed E-state index contributed by atoms with van der Waals surface area (Å²) in [5.74, 6) is -0.891. The smallest absolute Gasteiger partial charge is 0.264 e. The van der Waals surface area contributed by atoms with Gasteiger partial charge in [-0.2, -0.15) is 0 Å². The summed E-state index contributed by atoms with van der Waals surface area (Å²) in [6, 6.07) is 31.3. The summed E-state index contributed by atoms with van der Waals surface area (Å²) in [7, 11) is -3.38. The molecule has 0 aliphatic carbocycles. The van der Waals surface area contributed by atoms with Crippen molar-refractivity contribution in [3.8, 4) is 0 Å². The van der Waals surface area contributed by atoms with E-state index in [0.717, 1.165) is 50.2 Å². The third kappa shape index (κ3) is 6.32. The molecule has 0 bridgehead atoms. The van der Waals surface area contributed by atoms with Crippen molar-refractivity contribution in [2.45, 2.75) is 75.5 Å². The van der Waals surface area contributed by atoms with Crippen LogP contribution in [0.25, 0.3) is 0 Å². The first-order chi connectivity index (χ1) is 26.0. The Morgan fingerprint density at radius 3 is 2.46 bits per heavy atom. The van der Waals surface area contributed by atoms with E-state index in [9.17, 15) is 14.7 Å². The Hall–Kier alpha value is -4.49. The maximum absolute atomic E-state index is 16.5. The van der Waals surface area contributed by atoms with Gasteiger partial charge in [0.05, 0.1) is 42.2 Å². The molecule has 1 fully saturated rings. The lowest BCUT2D eigenvalue weighted by atomic mass is 9.82. The number of anilines is 3. The molecule has 1 spiro atoms. The molecule has 4 aromatic carbocycles. The van der Waals surface area contributed by atoms with Crippen molar-refractivity contribution in [3.05, 3.63) is 136 Å². The Morgan fingerprint density at radius 1 is 0.981 bits per heavy atom. The van der Waals surface area contributed by atoms with Crippen LogP contribution in [0.15, 0.2) is 108 Å². The molecule has 1 saturated heterocycles. The SMILES string of the molecule is C[C@@H]1[C@@H]([Si](C)(C)F)[C@H](CCn2cc(C(CO)c3ccccc3)nn2)O[C@@]12C(=O)N(Cc1ccc(N3C(=O)CCc4ccccc43)cc1)c1ccc(Br)cc12. The lowest BCUT2D eigenvalue weighted by Gasteiger charge is -2.31. The number of carbonyl (C=O) groups is 2. The van der Waals surface area contributed by atoms with Gasteiger partial charge in [-0.3, -0.25) is 19.2 Å². The first kappa shape index (κ1) is 36.5. The second-order valence-electron chi connectivity index (χ2n) is 15.2. The lowest BCUT2D eigenvalue weighted by molar-refractivity contribution is -0.146. The topological polar surface area (TPSA) is 101 Å². The summed E-state index contributed by atoms with van der Waals surface area (Å²) in [6.07, 6.45) is 2.90. The second kappa shape index (κ2) is 14.3. The molecule has 3 aliphatic rings. The molecule has 54 heavy (non-hydrogen) atoms. The van der Waals surface area contributed by atoms with Crippen molar-refractivity contribution >= 4 is 53.2 Å². The number of para-hydroxylation sites is 1. The van der Waals surface area contributed by atoms with Crippen LogP contribution in [0.5, 0.6) is 0 Å². The standard InChI is InChI=1S/C42H43BrFN5O4Si/c1-27-40(54(2,3)44)38(21-22-47-25-35(45-46-47)33(26-50)29-9-5-4-6-10-29)53-42(27)34-23-31(43)16-19-37(34)48(41(42)52)24-28-13-17-32(18-14-28)49-36-12-8-7-11-30(36)15-20-39(49)51/h4-14,16-19,23,25,27,33,38,40,50H,15,20-22,24,26H2,1-3H3/t27-,33?,38+,40-,42+/m1/s1. The number of hydrogen-bond acceptors (Lipinski definition) is 6. The second-order valence-corrected chi connectivity index (χ2v) is 19.9. The molecular weight excluding hydrogens is 765 g/mol. The van der Waals surface area contributed by atoms with E-state index in [2.05, 4.69) is 32.3 Å². The van der Waals surface area contributed by atoms with Gasteiger partial charge < -0.3 is 18.9 Å². The minimum Gasteiger partial charge on any atom is -0.395 e. The van der Waals surface area contributed by atoms with Gasteiger partial charge in [0.25, 0.3) is 5.91 Å². The van der Waals surface area contributed by atoms with Gasteiger partial charge in [-0.25, -0.2) is 0 Å². The zero-order chi connectivity index (χ0) is 37.8. The quantitative estimate of drug-likeness (QED) is 0.113. The van der Waals surface area contributed by atoms with Crippen molar-refractivity contribution in [2.75, 3.05) is 16.4 Å². The number of hydrogen-bond donors (Lipinski definition) is 1. The molecule has 12 heteroatoms. The fourth-order valence-corrected chi connectivity index (χ4v) is 11.9. The molecule has 1 unspecified atom stereocenters. The van der Waals surface area contributed by atoms with Crippen LogP contribution < -0.4 is 9.80 Å². The average Bonchev–Trinajstić information content (AvgIpc) is 3.82. The van der Waals surface area contributed by atoms with Crippen molar-refractivity contribution in [2.24, 2.45) is 5.92 Å². The van der Waals surface area contributed by atoms with Gasteiger partial charge in [-0.1, -0.05) is 88.7 Å². The molecule has 2 amide bonds. The number of aliphatic hydroxyl groups is 1. The molecule has 278 valence electrons. The third-order valence-electron chi connectivity index (χ3n) is 11.5. The van der Waals surface area contributed by atoms with E-state index in [-0.39, 0.29) is 30.9 Å². The minimum absolute atomic E-state index is 0.0548. The summed E-state index contributed by atoms with van der Waals surface area (Å²) in [6.45, 7) is 5.96. The molecule has 4 heterocycles. The first-order valence-electron chi connectivity index (χ1n) is 18.5. The van der Waals surface area contributed by atoms with Crippen LogP contribution in [0.4, 0.5) is 21.2 Å². The highest BCUT2D eigenvalue weighted by atomic mass is 79.9. The predicted octanol–water partition coefficient (Wildman–Crippen LogP) is 8.19. The highest BCUT2D eigenvalue weighted by Crippen LogP contribution is 2.60. The number of aromatic nitrogens is 3. The molecule has 0 radical (unpaired) electrons. The number of aliphatic hydroxyl groups excluding tert-OH is 1. The highest BCUT2D eigenvalue weighted by Gasteiger charge is 2.66. The minimum atomic E-state index is -3.38. The van der Waals surface area contributed by atoms with Crippen molar-refractivity contribution < 1.29 is 23.5 Å². The van der Waals surface area contributed by atoms with Crippen molar-refractivity contribution in [1.29, 1.82) is 0 Å². The summed E-state index contributed by atoms with van der Waals surface area (Å²) in [4.78, 5) is 31.5. The van der Waals surface area contributed by atoms with Crippen LogP contribution in [0.3, 0.4) is 0 Å². The Kier molecular flexibility index (Phi) is 9.66. The molecule has 1 N–H and O–H groups in total. The number of ether oxygens (including phenoxy) is 1. The Labute approximate surface area is 324 Å². The normalized spacial score (nSPS) is 22.9. The van der Waals surface area contributed by atoms with Gasteiger partial charge in [0.1, 0.15) is 0 Å². The van der Waals surface area contributed by atoms with E-state index in [1.54, 1.807) is 27.6 Å². The molecule has 0 saturated carbocycles. The lowest BCUT2D eigenvalue weighted by Crippen LogP contribution is -2.45. The number of fused-ring (bicyclic) bond motifs is 3. The van der Waals surface area contributed by atoms with Gasteiger partial charge in [-0.05, 0) is 79.0 Å². The monoisotopic (exact) mass is 807 g/mol. The maximum atomic E-state index is 16.5. The van der Waals surface area contributed by atoms with Gasteiger partial charge in [0.15, 0.2) is 5.60 Å². The van der Waals surface area contributed by atoms with E-state index in [4.69, 9.17) is 4.74 Å². The molecule has 1 aromatic heterocycles. The average molecular weight is 809 g/mol. The van der Waals surface area contributed by atoms with Crippen molar-refractivity contribution in [3.63, 3.8) is 0 Å². The van der Waals surface area contributed by atoms with Crippen LogP contribution in [-0.2, 0) is 39.4 Å². The summed E-state index contributed by atoms with van der Waals surface area (Å²) in [5.41, 5.74) is 4.98. The molecule has 3 aliphatic heterocycles. The van der Waals surface area contributed by atoms with Gasteiger partial charge in [0, 0.05) is 46.3 Å². The summed E-state index contributed by atoms with van der Waals surface area (Å²) >= 11 is 3.63. The third-order valence-corrected chi connectivity index (χ3v) is 14.4. The number of halogens is 2. The molecule has 9 nitrogen and oxygen atoms in total. The number of carbonyl (C=O) groups excluding carboxylic acids is 2. The van der Waals surface area contributed by atoms with Gasteiger partial charge in [-0.15, -0.1) is 5.10 Å². The van der Waals surface area contributed by atoms with Crippen LogP contribution in [0, 0.1) is 5.92 Å². The predicted molar refractivity (Wildman–Crippen MR) is 212 cm³/mol.